The zero-order chi connectivity index (χ0) is 17.2. The number of carbonyl (C=O) groups is 1. The maximum absolute atomic E-state index is 12.1. The van der Waals surface area contributed by atoms with Crippen LogP contribution in [0.15, 0.2) is 65.6 Å². The van der Waals surface area contributed by atoms with Crippen molar-refractivity contribution in [2.24, 2.45) is 0 Å². The highest BCUT2D eigenvalue weighted by atomic mass is 32.2. The van der Waals surface area contributed by atoms with Crippen LogP contribution in [0.3, 0.4) is 0 Å². The van der Waals surface area contributed by atoms with E-state index >= 15 is 0 Å². The van der Waals surface area contributed by atoms with E-state index in [2.05, 4.69) is 5.32 Å². The molecule has 0 bridgehead atoms. The summed E-state index contributed by atoms with van der Waals surface area (Å²) in [6.45, 7) is 1.26. The average Bonchev–Trinajstić information content (AvgIpc) is 2.63. The lowest BCUT2D eigenvalue weighted by Gasteiger charge is -2.18. The second kappa shape index (κ2) is 9.72. The lowest BCUT2D eigenvalue weighted by atomic mass is 10.3. The van der Waals surface area contributed by atoms with Crippen LogP contribution in [-0.4, -0.2) is 47.6 Å². The molecule has 1 N–H and O–H groups in total. The Labute approximate surface area is 145 Å². The van der Waals surface area contributed by atoms with E-state index in [1.807, 2.05) is 60.7 Å². The molecule has 0 saturated heterocycles. The van der Waals surface area contributed by atoms with Gasteiger partial charge >= 0.3 is 6.03 Å². The Morgan fingerprint density at radius 3 is 2.38 bits per heavy atom. The number of hydrogen-bond donors (Lipinski definition) is 1. The van der Waals surface area contributed by atoms with Crippen molar-refractivity contribution in [3.8, 4) is 5.75 Å². The maximum atomic E-state index is 12.1. The number of para-hydroxylation sites is 1. The van der Waals surface area contributed by atoms with Gasteiger partial charge in [-0.3, -0.25) is 4.21 Å². The molecule has 0 aliphatic rings. The van der Waals surface area contributed by atoms with Gasteiger partial charge in [-0.2, -0.15) is 0 Å². The number of rotatable bonds is 8. The van der Waals surface area contributed by atoms with Gasteiger partial charge in [0.05, 0.1) is 17.3 Å². The summed E-state index contributed by atoms with van der Waals surface area (Å²) < 4.78 is 17.6. The molecule has 2 rings (SSSR count). The SMILES string of the molecule is CN(CCOc1ccccc1)C(=O)NCCS(=O)c1ccccc1. The van der Waals surface area contributed by atoms with Gasteiger partial charge in [0.1, 0.15) is 12.4 Å². The van der Waals surface area contributed by atoms with Crippen molar-refractivity contribution >= 4 is 16.8 Å². The molecule has 0 saturated carbocycles. The molecule has 0 aliphatic heterocycles. The molecule has 0 aromatic heterocycles. The molecule has 1 unspecified atom stereocenters. The van der Waals surface area contributed by atoms with Gasteiger partial charge in [0, 0.05) is 24.2 Å². The molecule has 2 aromatic carbocycles. The zero-order valence-corrected chi connectivity index (χ0v) is 14.5. The van der Waals surface area contributed by atoms with Crippen LogP contribution in [0.2, 0.25) is 0 Å². The van der Waals surface area contributed by atoms with E-state index in [1.165, 1.54) is 0 Å². The normalized spacial score (nSPS) is 11.5. The molecule has 5 nitrogen and oxygen atoms in total. The van der Waals surface area contributed by atoms with Gasteiger partial charge in [-0.25, -0.2) is 4.79 Å². The Balaban J connectivity index is 1.64. The van der Waals surface area contributed by atoms with Crippen LogP contribution in [0.5, 0.6) is 5.75 Å². The summed E-state index contributed by atoms with van der Waals surface area (Å²) in [4.78, 5) is 14.3. The molecule has 2 aromatic rings. The van der Waals surface area contributed by atoms with Gasteiger partial charge in [0.25, 0.3) is 0 Å². The minimum absolute atomic E-state index is 0.197. The third kappa shape index (κ3) is 6.04. The second-order valence-electron chi connectivity index (χ2n) is 5.18. The Hall–Kier alpha value is -2.34. The minimum atomic E-state index is -1.10. The van der Waals surface area contributed by atoms with Gasteiger partial charge in [-0.05, 0) is 24.3 Å². The third-order valence-corrected chi connectivity index (χ3v) is 4.73. The number of urea groups is 1. The minimum Gasteiger partial charge on any atom is -0.492 e. The smallest absolute Gasteiger partial charge is 0.317 e. The molecular formula is C18H22N2O3S. The lowest BCUT2D eigenvalue weighted by molar-refractivity contribution is 0.196. The molecule has 0 heterocycles. The molecule has 128 valence electrons. The molecule has 24 heavy (non-hydrogen) atoms. The van der Waals surface area contributed by atoms with Crippen LogP contribution in [0.25, 0.3) is 0 Å². The predicted molar refractivity (Wildman–Crippen MR) is 95.7 cm³/mol. The Kier molecular flexibility index (Phi) is 7.29. The molecule has 0 radical (unpaired) electrons. The molecule has 2 amide bonds. The van der Waals surface area contributed by atoms with E-state index < -0.39 is 10.8 Å². The first-order valence-electron chi connectivity index (χ1n) is 7.77. The standard InChI is InChI=1S/C18H22N2O3S/c1-20(13-14-23-16-8-4-2-5-9-16)18(21)19-12-15-24(22)17-10-6-3-7-11-17/h2-11H,12-15H2,1H3,(H,19,21). The summed E-state index contributed by atoms with van der Waals surface area (Å²) in [5, 5.41) is 2.77. The van der Waals surface area contributed by atoms with Crippen LogP contribution in [0.4, 0.5) is 4.79 Å². The first-order chi connectivity index (χ1) is 11.7. The molecule has 1 atom stereocenters. The van der Waals surface area contributed by atoms with E-state index in [0.717, 1.165) is 10.6 Å². The fourth-order valence-corrected chi connectivity index (χ4v) is 2.98. The number of amides is 2. The number of ether oxygens (including phenoxy) is 1. The number of nitrogens with zero attached hydrogens (tertiary/aromatic N) is 1. The highest BCUT2D eigenvalue weighted by Crippen LogP contribution is 2.08. The quantitative estimate of drug-likeness (QED) is 0.799. The van der Waals surface area contributed by atoms with E-state index in [1.54, 1.807) is 11.9 Å². The molecule has 6 heteroatoms. The van der Waals surface area contributed by atoms with Crippen molar-refractivity contribution in [3.63, 3.8) is 0 Å². The monoisotopic (exact) mass is 346 g/mol. The first kappa shape index (κ1) is 18.0. The van der Waals surface area contributed by atoms with Crippen molar-refractivity contribution in [3.05, 3.63) is 60.7 Å². The Morgan fingerprint density at radius 1 is 1.08 bits per heavy atom. The zero-order valence-electron chi connectivity index (χ0n) is 13.7. The van der Waals surface area contributed by atoms with Crippen molar-refractivity contribution in [1.82, 2.24) is 10.2 Å². The van der Waals surface area contributed by atoms with E-state index in [9.17, 15) is 9.00 Å². The van der Waals surface area contributed by atoms with Crippen LogP contribution < -0.4 is 10.1 Å². The number of likely N-dealkylation sites (N-methyl/N-ethyl adjacent to an activating group) is 1. The highest BCUT2D eigenvalue weighted by Gasteiger charge is 2.09. The van der Waals surface area contributed by atoms with Crippen molar-refractivity contribution < 1.29 is 13.7 Å². The third-order valence-electron chi connectivity index (χ3n) is 3.36. The maximum Gasteiger partial charge on any atom is 0.317 e. The Morgan fingerprint density at radius 2 is 1.71 bits per heavy atom. The first-order valence-corrected chi connectivity index (χ1v) is 9.09. The van der Waals surface area contributed by atoms with Crippen LogP contribution in [0.1, 0.15) is 0 Å². The number of hydrogen-bond acceptors (Lipinski definition) is 3. The largest absolute Gasteiger partial charge is 0.492 e. The van der Waals surface area contributed by atoms with Gasteiger partial charge in [-0.1, -0.05) is 36.4 Å². The van der Waals surface area contributed by atoms with Crippen molar-refractivity contribution in [2.75, 3.05) is 32.5 Å². The van der Waals surface area contributed by atoms with Gasteiger partial charge in [-0.15, -0.1) is 0 Å². The van der Waals surface area contributed by atoms with Crippen molar-refractivity contribution in [2.45, 2.75) is 4.90 Å². The summed E-state index contributed by atoms with van der Waals surface area (Å²) in [6.07, 6.45) is 0. The number of nitrogens with one attached hydrogen (secondary N) is 1. The topological polar surface area (TPSA) is 58.6 Å². The summed E-state index contributed by atoms with van der Waals surface area (Å²) in [5.41, 5.74) is 0. The summed E-state index contributed by atoms with van der Waals surface area (Å²) in [5.74, 6) is 1.17. The highest BCUT2D eigenvalue weighted by molar-refractivity contribution is 7.85. The predicted octanol–water partition coefficient (Wildman–Crippen LogP) is 2.51. The van der Waals surface area contributed by atoms with Crippen LogP contribution in [0, 0.1) is 0 Å². The summed E-state index contributed by atoms with van der Waals surface area (Å²) in [6, 6.07) is 18.5. The van der Waals surface area contributed by atoms with Crippen LogP contribution >= 0.6 is 0 Å². The fourth-order valence-electron chi connectivity index (χ4n) is 1.99. The van der Waals surface area contributed by atoms with E-state index in [0.29, 0.717) is 25.4 Å². The van der Waals surface area contributed by atoms with Crippen LogP contribution in [-0.2, 0) is 10.8 Å². The average molecular weight is 346 g/mol. The fraction of sp³-hybridized carbons (Fsp3) is 0.278. The van der Waals surface area contributed by atoms with Crippen molar-refractivity contribution in [1.29, 1.82) is 0 Å². The Bertz CT molecular complexity index is 650. The number of carbonyl (C=O) groups excluding carboxylic acids is 1. The molecule has 0 spiro atoms. The molecule has 0 fully saturated rings. The lowest BCUT2D eigenvalue weighted by Crippen LogP contribution is -2.40. The molecular weight excluding hydrogens is 324 g/mol. The van der Waals surface area contributed by atoms with E-state index in [-0.39, 0.29) is 6.03 Å². The van der Waals surface area contributed by atoms with Gasteiger partial charge in [0.15, 0.2) is 0 Å². The summed E-state index contributed by atoms with van der Waals surface area (Å²) >= 11 is 0. The summed E-state index contributed by atoms with van der Waals surface area (Å²) in [7, 11) is 0.605. The van der Waals surface area contributed by atoms with E-state index in [4.69, 9.17) is 4.74 Å². The number of benzene rings is 2. The molecule has 0 aliphatic carbocycles. The van der Waals surface area contributed by atoms with Gasteiger partial charge in [0.2, 0.25) is 0 Å². The van der Waals surface area contributed by atoms with Gasteiger partial charge < -0.3 is 15.0 Å². The second-order valence-corrected chi connectivity index (χ2v) is 6.75.